The second kappa shape index (κ2) is 10.8. The van der Waals surface area contributed by atoms with Crippen molar-refractivity contribution in [2.45, 2.75) is 32.7 Å². The Labute approximate surface area is 139 Å². The van der Waals surface area contributed by atoms with Crippen LogP contribution >= 0.6 is 24.0 Å². The third-order valence-corrected chi connectivity index (χ3v) is 3.19. The molecular weight excluding hydrogens is 363 g/mol. The molecule has 0 saturated carbocycles. The number of hydrogen-bond donors (Lipinski definition) is 2. The first-order chi connectivity index (χ1) is 9.15. The molecule has 0 bridgehead atoms. The molecule has 20 heavy (non-hydrogen) atoms. The Morgan fingerprint density at radius 2 is 2.00 bits per heavy atom. The first kappa shape index (κ1) is 19.0. The summed E-state index contributed by atoms with van der Waals surface area (Å²) < 4.78 is 0. The van der Waals surface area contributed by atoms with Crippen LogP contribution in [0.3, 0.4) is 0 Å². The molecule has 4 nitrogen and oxygen atoms in total. The molecule has 3 N–H and O–H groups in total. The van der Waals surface area contributed by atoms with Crippen molar-refractivity contribution in [2.24, 2.45) is 10.7 Å². The number of halogens is 1. The zero-order valence-corrected chi connectivity index (χ0v) is 15.0. The van der Waals surface area contributed by atoms with Crippen LogP contribution in [0, 0.1) is 0 Å². The fourth-order valence-corrected chi connectivity index (χ4v) is 1.72. The van der Waals surface area contributed by atoms with Gasteiger partial charge in [-0.2, -0.15) is 0 Å². The van der Waals surface area contributed by atoms with E-state index < -0.39 is 0 Å². The molecule has 0 heterocycles. The molecule has 0 aliphatic heterocycles. The number of likely N-dealkylation sites (N-methyl/N-ethyl adjacent to an activating group) is 1. The Balaban J connectivity index is 0.00000361. The van der Waals surface area contributed by atoms with Crippen LogP contribution in [-0.2, 0) is 0 Å². The van der Waals surface area contributed by atoms with Gasteiger partial charge in [-0.05, 0) is 25.5 Å². The quantitative estimate of drug-likeness (QED) is 0.326. The summed E-state index contributed by atoms with van der Waals surface area (Å²) in [5.74, 6) is 0.543. The van der Waals surface area contributed by atoms with Gasteiger partial charge in [0.05, 0.1) is 6.54 Å². The molecule has 1 aromatic carbocycles. The van der Waals surface area contributed by atoms with Crippen LogP contribution in [0.5, 0.6) is 0 Å². The summed E-state index contributed by atoms with van der Waals surface area (Å²) >= 11 is 0. The molecular formula is C15H27IN4. The Hall–Kier alpha value is -0.980. The molecule has 0 amide bonds. The summed E-state index contributed by atoms with van der Waals surface area (Å²) in [6.45, 7) is 5.90. The van der Waals surface area contributed by atoms with E-state index in [4.69, 9.17) is 5.73 Å². The van der Waals surface area contributed by atoms with Crippen LogP contribution in [0.2, 0.25) is 0 Å². The molecule has 114 valence electrons. The van der Waals surface area contributed by atoms with Gasteiger partial charge in [-0.15, -0.1) is 24.0 Å². The molecule has 1 aromatic rings. The Morgan fingerprint density at radius 3 is 2.60 bits per heavy atom. The number of guanidine groups is 1. The summed E-state index contributed by atoms with van der Waals surface area (Å²) in [6, 6.07) is 10.6. The van der Waals surface area contributed by atoms with Crippen molar-refractivity contribution in [3.8, 4) is 0 Å². The normalized spacial score (nSPS) is 12.4. The first-order valence-corrected chi connectivity index (χ1v) is 6.96. The van der Waals surface area contributed by atoms with Crippen molar-refractivity contribution >= 4 is 35.6 Å². The highest BCUT2D eigenvalue weighted by atomic mass is 127. The molecule has 1 atom stereocenters. The highest BCUT2D eigenvalue weighted by Gasteiger charge is 2.08. The van der Waals surface area contributed by atoms with Crippen molar-refractivity contribution in [3.63, 3.8) is 0 Å². The Kier molecular flexibility index (Phi) is 10.2. The van der Waals surface area contributed by atoms with E-state index in [9.17, 15) is 0 Å². The number of aliphatic imine (C=N–C) groups is 1. The van der Waals surface area contributed by atoms with Gasteiger partial charge in [-0.1, -0.05) is 31.5 Å². The van der Waals surface area contributed by atoms with Crippen LogP contribution in [0.4, 0.5) is 5.69 Å². The van der Waals surface area contributed by atoms with E-state index in [1.165, 1.54) is 5.69 Å². The number of nitrogens with two attached hydrogens (primary N) is 1. The lowest BCUT2D eigenvalue weighted by atomic mass is 10.2. The number of nitrogens with zero attached hydrogens (tertiary/aromatic N) is 2. The maximum Gasteiger partial charge on any atom is 0.188 e. The van der Waals surface area contributed by atoms with Crippen molar-refractivity contribution in [2.75, 3.05) is 25.0 Å². The van der Waals surface area contributed by atoms with Crippen molar-refractivity contribution in [3.05, 3.63) is 30.3 Å². The van der Waals surface area contributed by atoms with Crippen LogP contribution in [0.15, 0.2) is 35.3 Å². The van der Waals surface area contributed by atoms with Gasteiger partial charge in [0.25, 0.3) is 0 Å². The van der Waals surface area contributed by atoms with Crippen molar-refractivity contribution in [1.82, 2.24) is 5.32 Å². The monoisotopic (exact) mass is 390 g/mol. The molecule has 1 unspecified atom stereocenters. The van der Waals surface area contributed by atoms with E-state index in [-0.39, 0.29) is 24.0 Å². The van der Waals surface area contributed by atoms with E-state index in [1.807, 2.05) is 18.2 Å². The Bertz CT molecular complexity index is 381. The lowest BCUT2D eigenvalue weighted by Crippen LogP contribution is -2.36. The summed E-state index contributed by atoms with van der Waals surface area (Å²) in [5.41, 5.74) is 7.02. The van der Waals surface area contributed by atoms with Gasteiger partial charge in [-0.3, -0.25) is 4.99 Å². The van der Waals surface area contributed by atoms with Crippen LogP contribution in [0.25, 0.3) is 0 Å². The van der Waals surface area contributed by atoms with Gasteiger partial charge in [0.15, 0.2) is 5.96 Å². The molecule has 0 aromatic heterocycles. The van der Waals surface area contributed by atoms with Crippen molar-refractivity contribution in [1.29, 1.82) is 0 Å². The zero-order chi connectivity index (χ0) is 14.1. The van der Waals surface area contributed by atoms with E-state index in [1.54, 1.807) is 0 Å². The predicted octanol–water partition coefficient (Wildman–Crippen LogP) is 2.83. The number of para-hydroxylation sites is 1. The second-order valence-electron chi connectivity index (χ2n) is 4.80. The topological polar surface area (TPSA) is 53.6 Å². The van der Waals surface area contributed by atoms with Gasteiger partial charge in [0.1, 0.15) is 0 Å². The minimum Gasteiger partial charge on any atom is -0.370 e. The molecule has 5 heteroatoms. The number of hydrogen-bond acceptors (Lipinski definition) is 2. The Morgan fingerprint density at radius 1 is 1.35 bits per heavy atom. The number of benzene rings is 1. The predicted molar refractivity (Wildman–Crippen MR) is 99.1 cm³/mol. The minimum absolute atomic E-state index is 0. The second-order valence-corrected chi connectivity index (χ2v) is 4.80. The SMILES string of the molecule is CCCCNC(N)=NCC(C)N(C)c1ccccc1.I. The van der Waals surface area contributed by atoms with Gasteiger partial charge >= 0.3 is 0 Å². The van der Waals surface area contributed by atoms with Gasteiger partial charge in [0.2, 0.25) is 0 Å². The molecule has 1 rings (SSSR count). The van der Waals surface area contributed by atoms with Crippen LogP contribution in [0.1, 0.15) is 26.7 Å². The number of unbranched alkanes of at least 4 members (excludes halogenated alkanes) is 1. The minimum atomic E-state index is 0. The zero-order valence-electron chi connectivity index (χ0n) is 12.7. The maximum absolute atomic E-state index is 5.82. The molecule has 0 fully saturated rings. The number of nitrogens with one attached hydrogen (secondary N) is 1. The molecule has 0 spiro atoms. The average Bonchev–Trinajstić information content (AvgIpc) is 2.45. The highest BCUT2D eigenvalue weighted by Crippen LogP contribution is 2.13. The van der Waals surface area contributed by atoms with Crippen LogP contribution in [-0.4, -0.2) is 32.1 Å². The third kappa shape index (κ3) is 6.98. The summed E-state index contributed by atoms with van der Waals surface area (Å²) in [4.78, 5) is 6.60. The molecule has 0 radical (unpaired) electrons. The van der Waals surface area contributed by atoms with E-state index >= 15 is 0 Å². The van der Waals surface area contributed by atoms with E-state index in [0.29, 0.717) is 18.5 Å². The standard InChI is InChI=1S/C15H26N4.HI/c1-4-5-11-17-15(16)18-12-13(2)19(3)14-9-7-6-8-10-14;/h6-10,13H,4-5,11-12H2,1-3H3,(H3,16,17,18);1H. The van der Waals surface area contributed by atoms with E-state index in [2.05, 4.69) is 48.2 Å². The fourth-order valence-electron chi connectivity index (χ4n) is 1.72. The summed E-state index contributed by atoms with van der Waals surface area (Å²) in [7, 11) is 2.08. The highest BCUT2D eigenvalue weighted by molar-refractivity contribution is 14.0. The van der Waals surface area contributed by atoms with Gasteiger partial charge in [0, 0.05) is 25.3 Å². The fraction of sp³-hybridized carbons (Fsp3) is 0.533. The molecule has 0 aliphatic rings. The molecule has 0 saturated heterocycles. The lowest BCUT2D eigenvalue weighted by Gasteiger charge is -2.25. The van der Waals surface area contributed by atoms with Crippen LogP contribution < -0.4 is 16.0 Å². The summed E-state index contributed by atoms with van der Waals surface area (Å²) in [5, 5.41) is 3.13. The lowest BCUT2D eigenvalue weighted by molar-refractivity contribution is 0.688. The largest absolute Gasteiger partial charge is 0.370 e. The summed E-state index contributed by atoms with van der Waals surface area (Å²) in [6.07, 6.45) is 2.28. The van der Waals surface area contributed by atoms with E-state index in [0.717, 1.165) is 19.4 Å². The van der Waals surface area contributed by atoms with Gasteiger partial charge in [-0.25, -0.2) is 0 Å². The smallest absolute Gasteiger partial charge is 0.188 e. The first-order valence-electron chi connectivity index (χ1n) is 6.96. The number of rotatable bonds is 7. The molecule has 0 aliphatic carbocycles. The maximum atomic E-state index is 5.82. The average molecular weight is 390 g/mol. The number of anilines is 1. The third-order valence-electron chi connectivity index (χ3n) is 3.19. The van der Waals surface area contributed by atoms with Gasteiger partial charge < -0.3 is 16.0 Å². The van der Waals surface area contributed by atoms with Crippen molar-refractivity contribution < 1.29 is 0 Å².